The van der Waals surface area contributed by atoms with Crippen LogP contribution in [0.3, 0.4) is 0 Å². The van der Waals surface area contributed by atoms with Crippen LogP contribution >= 0.6 is 11.6 Å². The summed E-state index contributed by atoms with van der Waals surface area (Å²) in [4.78, 5) is 11.1. The summed E-state index contributed by atoms with van der Waals surface area (Å²) in [6.07, 6.45) is 1.02. The molecule has 0 aliphatic carbocycles. The maximum absolute atomic E-state index is 11.1. The molecule has 0 aliphatic rings. The van der Waals surface area contributed by atoms with Gasteiger partial charge in [-0.1, -0.05) is 19.1 Å². The molecule has 0 aromatic heterocycles. The second-order valence-electron chi connectivity index (χ2n) is 3.75. The summed E-state index contributed by atoms with van der Waals surface area (Å²) in [6.45, 7) is 4.66. The standard InChI is InChI=1S/C13H18ClNO2/c1-3-11-4-6-12(7-5-11)17-9-8-15-13(16)10(2)14/h4-7,10H,3,8-9H2,1-2H3,(H,15,16). The summed E-state index contributed by atoms with van der Waals surface area (Å²) in [5.41, 5.74) is 1.28. The average Bonchev–Trinajstić information content (AvgIpc) is 2.35. The van der Waals surface area contributed by atoms with Crippen molar-refractivity contribution in [1.82, 2.24) is 5.32 Å². The van der Waals surface area contributed by atoms with Crippen molar-refractivity contribution in [1.29, 1.82) is 0 Å². The Bertz CT molecular complexity index is 349. The zero-order valence-electron chi connectivity index (χ0n) is 10.2. The molecule has 1 aromatic rings. The fraction of sp³-hybridized carbons (Fsp3) is 0.462. The Kier molecular flexibility index (Phi) is 5.84. The summed E-state index contributed by atoms with van der Waals surface area (Å²) >= 11 is 5.60. The number of carbonyl (C=O) groups is 1. The number of carbonyl (C=O) groups excluding carboxylic acids is 1. The van der Waals surface area contributed by atoms with Gasteiger partial charge in [0.1, 0.15) is 17.7 Å². The first-order chi connectivity index (χ1) is 8.13. The minimum atomic E-state index is -0.501. The summed E-state index contributed by atoms with van der Waals surface area (Å²) in [5.74, 6) is 0.645. The van der Waals surface area contributed by atoms with Gasteiger partial charge >= 0.3 is 0 Å². The molecule has 0 radical (unpaired) electrons. The Morgan fingerprint density at radius 2 is 2.06 bits per heavy atom. The molecular formula is C13H18ClNO2. The normalized spacial score (nSPS) is 11.9. The van der Waals surface area contributed by atoms with E-state index in [1.807, 2.05) is 24.3 Å². The molecule has 3 nitrogen and oxygen atoms in total. The highest BCUT2D eigenvalue weighted by molar-refractivity contribution is 6.30. The maximum atomic E-state index is 11.1. The smallest absolute Gasteiger partial charge is 0.237 e. The third kappa shape index (κ3) is 5.09. The first-order valence-electron chi connectivity index (χ1n) is 5.77. The monoisotopic (exact) mass is 255 g/mol. The van der Waals surface area contributed by atoms with E-state index in [1.165, 1.54) is 5.56 Å². The molecule has 0 heterocycles. The van der Waals surface area contributed by atoms with Gasteiger partial charge in [0.25, 0.3) is 0 Å². The number of halogens is 1. The van der Waals surface area contributed by atoms with Crippen molar-refractivity contribution in [2.45, 2.75) is 25.6 Å². The third-order valence-electron chi connectivity index (χ3n) is 2.36. The van der Waals surface area contributed by atoms with Crippen molar-refractivity contribution in [2.75, 3.05) is 13.2 Å². The number of nitrogens with one attached hydrogen (secondary N) is 1. The topological polar surface area (TPSA) is 38.3 Å². The lowest BCUT2D eigenvalue weighted by Crippen LogP contribution is -2.32. The molecule has 1 rings (SSSR count). The summed E-state index contributed by atoms with van der Waals surface area (Å²) in [7, 11) is 0. The van der Waals surface area contributed by atoms with Crippen LogP contribution in [0, 0.1) is 0 Å². The van der Waals surface area contributed by atoms with Gasteiger partial charge in [-0.3, -0.25) is 4.79 Å². The molecule has 1 amide bonds. The SMILES string of the molecule is CCc1ccc(OCCNC(=O)C(C)Cl)cc1. The summed E-state index contributed by atoms with van der Waals surface area (Å²) in [6, 6.07) is 7.94. The first-order valence-corrected chi connectivity index (χ1v) is 6.20. The van der Waals surface area contributed by atoms with Gasteiger partial charge in [-0.15, -0.1) is 11.6 Å². The number of alkyl halides is 1. The zero-order chi connectivity index (χ0) is 12.7. The van der Waals surface area contributed by atoms with Gasteiger partial charge in [0.2, 0.25) is 5.91 Å². The molecule has 4 heteroatoms. The van der Waals surface area contributed by atoms with E-state index in [9.17, 15) is 4.79 Å². The number of rotatable bonds is 6. The van der Waals surface area contributed by atoms with Crippen LogP contribution in [0.1, 0.15) is 19.4 Å². The van der Waals surface area contributed by atoms with Gasteiger partial charge < -0.3 is 10.1 Å². The first kappa shape index (κ1) is 13.8. The average molecular weight is 256 g/mol. The molecule has 1 unspecified atom stereocenters. The van der Waals surface area contributed by atoms with Crippen molar-refractivity contribution in [3.63, 3.8) is 0 Å². The molecule has 1 atom stereocenters. The molecule has 1 N–H and O–H groups in total. The molecule has 0 saturated heterocycles. The minimum absolute atomic E-state index is 0.170. The Morgan fingerprint density at radius 3 is 2.59 bits per heavy atom. The van der Waals surface area contributed by atoms with Crippen LogP contribution in [0.15, 0.2) is 24.3 Å². The Balaban J connectivity index is 2.24. The van der Waals surface area contributed by atoms with E-state index < -0.39 is 5.38 Å². The number of ether oxygens (including phenoxy) is 1. The molecule has 0 saturated carbocycles. The lowest BCUT2D eigenvalue weighted by atomic mass is 10.2. The fourth-order valence-electron chi connectivity index (χ4n) is 1.31. The zero-order valence-corrected chi connectivity index (χ0v) is 11.0. The molecule has 0 bridgehead atoms. The molecule has 94 valence electrons. The summed E-state index contributed by atoms with van der Waals surface area (Å²) in [5, 5.41) is 2.18. The molecule has 0 spiro atoms. The fourth-order valence-corrected chi connectivity index (χ4v) is 1.38. The van der Waals surface area contributed by atoms with Crippen molar-refractivity contribution in [3.05, 3.63) is 29.8 Å². The van der Waals surface area contributed by atoms with Crippen molar-refractivity contribution in [3.8, 4) is 5.75 Å². The quantitative estimate of drug-likeness (QED) is 0.626. The van der Waals surface area contributed by atoms with Crippen molar-refractivity contribution in [2.24, 2.45) is 0 Å². The predicted molar refractivity (Wildman–Crippen MR) is 69.6 cm³/mol. The largest absolute Gasteiger partial charge is 0.492 e. The number of benzene rings is 1. The molecular weight excluding hydrogens is 238 g/mol. The van der Waals surface area contributed by atoms with Crippen LogP contribution in [0.5, 0.6) is 5.75 Å². The lowest BCUT2D eigenvalue weighted by Gasteiger charge is -2.08. The highest BCUT2D eigenvalue weighted by atomic mass is 35.5. The molecule has 1 aromatic carbocycles. The van der Waals surface area contributed by atoms with Gasteiger partial charge in [-0.25, -0.2) is 0 Å². The van der Waals surface area contributed by atoms with Crippen LogP contribution in [0.25, 0.3) is 0 Å². The predicted octanol–water partition coefficient (Wildman–Crippen LogP) is 2.37. The highest BCUT2D eigenvalue weighted by Gasteiger charge is 2.07. The van der Waals surface area contributed by atoms with Crippen molar-refractivity contribution >= 4 is 17.5 Å². The summed E-state index contributed by atoms with van der Waals surface area (Å²) < 4.78 is 5.48. The lowest BCUT2D eigenvalue weighted by molar-refractivity contribution is -0.120. The number of hydrogen-bond acceptors (Lipinski definition) is 2. The van der Waals surface area contributed by atoms with E-state index in [0.29, 0.717) is 13.2 Å². The highest BCUT2D eigenvalue weighted by Crippen LogP contribution is 2.12. The Labute approximate surface area is 107 Å². The van der Waals surface area contributed by atoms with E-state index in [0.717, 1.165) is 12.2 Å². The second-order valence-corrected chi connectivity index (χ2v) is 4.41. The van der Waals surface area contributed by atoms with Gasteiger partial charge in [0.15, 0.2) is 0 Å². The van der Waals surface area contributed by atoms with E-state index in [1.54, 1.807) is 6.92 Å². The van der Waals surface area contributed by atoms with Gasteiger partial charge in [0.05, 0.1) is 6.54 Å². The van der Waals surface area contributed by atoms with E-state index in [4.69, 9.17) is 16.3 Å². The van der Waals surface area contributed by atoms with Gasteiger partial charge in [-0.05, 0) is 31.0 Å². The molecule has 17 heavy (non-hydrogen) atoms. The Morgan fingerprint density at radius 1 is 1.41 bits per heavy atom. The Hall–Kier alpha value is -1.22. The molecule has 0 fully saturated rings. The third-order valence-corrected chi connectivity index (χ3v) is 2.56. The van der Waals surface area contributed by atoms with E-state index in [2.05, 4.69) is 12.2 Å². The van der Waals surface area contributed by atoms with Crippen LogP contribution in [-0.2, 0) is 11.2 Å². The minimum Gasteiger partial charge on any atom is -0.492 e. The van der Waals surface area contributed by atoms with Crippen LogP contribution < -0.4 is 10.1 Å². The number of hydrogen-bond donors (Lipinski definition) is 1. The van der Waals surface area contributed by atoms with Crippen LogP contribution in [0.4, 0.5) is 0 Å². The van der Waals surface area contributed by atoms with Crippen molar-refractivity contribution < 1.29 is 9.53 Å². The number of amides is 1. The number of aryl methyl sites for hydroxylation is 1. The second kappa shape index (κ2) is 7.17. The van der Waals surface area contributed by atoms with Crippen LogP contribution in [0.2, 0.25) is 0 Å². The van der Waals surface area contributed by atoms with Crippen LogP contribution in [-0.4, -0.2) is 24.4 Å². The maximum Gasteiger partial charge on any atom is 0.237 e. The molecule has 0 aliphatic heterocycles. The van der Waals surface area contributed by atoms with Gasteiger partial charge in [0, 0.05) is 0 Å². The van der Waals surface area contributed by atoms with Gasteiger partial charge in [-0.2, -0.15) is 0 Å². The van der Waals surface area contributed by atoms with E-state index >= 15 is 0 Å². The van der Waals surface area contributed by atoms with E-state index in [-0.39, 0.29) is 5.91 Å².